The minimum Gasteiger partial charge on any atom is -0.380 e. The molecule has 3 aliphatic rings. The summed E-state index contributed by atoms with van der Waals surface area (Å²) in [5.74, 6) is -1.20. The number of piperazine rings is 1. The molecule has 168 valence electrons. The zero-order chi connectivity index (χ0) is 22.6. The number of hydrogen-bond donors (Lipinski definition) is 2. The van der Waals surface area contributed by atoms with E-state index in [2.05, 4.69) is 10.2 Å². The van der Waals surface area contributed by atoms with Crippen LogP contribution in [0.3, 0.4) is 0 Å². The minimum atomic E-state index is -1.22. The molecule has 0 unspecified atom stereocenters. The molecule has 2 aromatic rings. The lowest BCUT2D eigenvalue weighted by Crippen LogP contribution is -2.58. The van der Waals surface area contributed by atoms with Crippen molar-refractivity contribution in [3.8, 4) is 11.1 Å². The molecular weight excluding hydrogens is 411 g/mol. The van der Waals surface area contributed by atoms with E-state index in [9.17, 15) is 19.1 Å². The molecule has 1 saturated carbocycles. The molecule has 2 aromatic carbocycles. The molecule has 0 bridgehead atoms. The molecule has 0 spiro atoms. The first-order chi connectivity index (χ1) is 15.3. The molecule has 2 aliphatic heterocycles. The first kappa shape index (κ1) is 20.8. The first-order valence-corrected chi connectivity index (χ1v) is 11.0. The molecule has 5 rings (SSSR count). The van der Waals surface area contributed by atoms with Crippen LogP contribution in [0.25, 0.3) is 11.1 Å². The number of carbonyl (C=O) groups excluding carboxylic acids is 2. The second-order valence-corrected chi connectivity index (χ2v) is 9.09. The van der Waals surface area contributed by atoms with Gasteiger partial charge in [0, 0.05) is 32.7 Å². The summed E-state index contributed by atoms with van der Waals surface area (Å²) < 4.78 is 15.0. The van der Waals surface area contributed by atoms with Gasteiger partial charge in [-0.25, -0.2) is 4.39 Å². The number of nitrogens with one attached hydrogen (secondary N) is 1. The predicted octanol–water partition coefficient (Wildman–Crippen LogP) is 2.51. The Bertz CT molecular complexity index is 1100. The van der Waals surface area contributed by atoms with Crippen molar-refractivity contribution in [2.75, 3.05) is 43.6 Å². The van der Waals surface area contributed by atoms with Crippen LogP contribution in [0.4, 0.5) is 15.8 Å². The van der Waals surface area contributed by atoms with Gasteiger partial charge < -0.3 is 25.1 Å². The zero-order valence-corrected chi connectivity index (χ0v) is 18.3. The average molecular weight is 439 g/mol. The molecule has 2 heterocycles. The molecule has 1 aliphatic carbocycles. The van der Waals surface area contributed by atoms with Crippen molar-refractivity contribution < 1.29 is 19.1 Å². The SMILES string of the molecule is C[C@H]1CN(C(=O)c2ccc(-c3ccc4c(c3)NCN4C)cc2F)CCN1C(=O)C1(O)CC1. The van der Waals surface area contributed by atoms with Crippen LogP contribution in [-0.4, -0.2) is 71.7 Å². The number of nitrogens with zero attached hydrogens (tertiary/aromatic N) is 3. The summed E-state index contributed by atoms with van der Waals surface area (Å²) in [6.07, 6.45) is 0.985. The van der Waals surface area contributed by atoms with E-state index in [1.54, 1.807) is 15.9 Å². The van der Waals surface area contributed by atoms with E-state index in [0.29, 0.717) is 38.0 Å². The Balaban J connectivity index is 1.30. The number of carbonyl (C=O) groups is 2. The molecule has 2 N–H and O–H groups in total. The number of fused-ring (bicyclic) bond motifs is 1. The van der Waals surface area contributed by atoms with Crippen molar-refractivity contribution in [1.82, 2.24) is 9.80 Å². The van der Waals surface area contributed by atoms with Crippen LogP contribution in [0, 0.1) is 5.82 Å². The van der Waals surface area contributed by atoms with Gasteiger partial charge in [-0.3, -0.25) is 9.59 Å². The number of rotatable bonds is 3. The quantitative estimate of drug-likeness (QED) is 0.770. The van der Waals surface area contributed by atoms with Gasteiger partial charge in [0.05, 0.1) is 23.6 Å². The number of benzene rings is 2. The number of aliphatic hydroxyl groups is 1. The van der Waals surface area contributed by atoms with Gasteiger partial charge in [-0.05, 0) is 55.2 Å². The summed E-state index contributed by atoms with van der Waals surface area (Å²) >= 11 is 0. The van der Waals surface area contributed by atoms with Crippen molar-refractivity contribution in [2.24, 2.45) is 0 Å². The molecular formula is C24H27FN4O3. The highest BCUT2D eigenvalue weighted by Gasteiger charge is 2.51. The maximum atomic E-state index is 15.0. The largest absolute Gasteiger partial charge is 0.380 e. The van der Waals surface area contributed by atoms with Gasteiger partial charge in [0.2, 0.25) is 0 Å². The van der Waals surface area contributed by atoms with Crippen molar-refractivity contribution in [2.45, 2.75) is 31.4 Å². The lowest BCUT2D eigenvalue weighted by atomic mass is 10.0. The Morgan fingerprint density at radius 2 is 1.84 bits per heavy atom. The maximum absolute atomic E-state index is 15.0. The standard InChI is InChI=1S/C24H27FN4O3/c1-15-13-28(9-10-29(15)23(31)24(32)7-8-24)22(30)18-5-3-16(11-19(18)25)17-4-6-21-20(12-17)26-14-27(21)2/h3-6,11-12,15,26,32H,7-10,13-14H2,1-2H3/t15-/m0/s1. The summed E-state index contributed by atoms with van der Waals surface area (Å²) in [6.45, 7) is 3.55. The molecule has 1 atom stereocenters. The molecule has 7 nitrogen and oxygen atoms in total. The van der Waals surface area contributed by atoms with Crippen LogP contribution in [0.5, 0.6) is 0 Å². The van der Waals surface area contributed by atoms with E-state index in [1.165, 1.54) is 12.1 Å². The van der Waals surface area contributed by atoms with Gasteiger partial charge in [0.15, 0.2) is 0 Å². The normalized spacial score (nSPS) is 21.2. The molecule has 0 radical (unpaired) electrons. The fourth-order valence-electron chi connectivity index (χ4n) is 4.56. The molecule has 1 saturated heterocycles. The Morgan fingerprint density at radius 1 is 1.12 bits per heavy atom. The van der Waals surface area contributed by atoms with E-state index >= 15 is 0 Å². The van der Waals surface area contributed by atoms with E-state index in [0.717, 1.165) is 23.6 Å². The highest BCUT2D eigenvalue weighted by atomic mass is 19.1. The Hall–Kier alpha value is -3.13. The molecule has 0 aromatic heterocycles. The van der Waals surface area contributed by atoms with E-state index in [4.69, 9.17) is 0 Å². The number of halogens is 1. The molecule has 2 fully saturated rings. The van der Waals surface area contributed by atoms with Gasteiger partial charge >= 0.3 is 0 Å². The molecule has 8 heteroatoms. The van der Waals surface area contributed by atoms with Crippen LogP contribution in [-0.2, 0) is 4.79 Å². The number of hydrogen-bond acceptors (Lipinski definition) is 5. The molecule has 32 heavy (non-hydrogen) atoms. The molecule has 2 amide bonds. The fraction of sp³-hybridized carbons (Fsp3) is 0.417. The lowest BCUT2D eigenvalue weighted by molar-refractivity contribution is -0.146. The third-order valence-electron chi connectivity index (χ3n) is 6.74. The van der Waals surface area contributed by atoms with Crippen LogP contribution in [0.2, 0.25) is 0 Å². The maximum Gasteiger partial charge on any atom is 0.256 e. The van der Waals surface area contributed by atoms with Gasteiger partial charge in [-0.15, -0.1) is 0 Å². The van der Waals surface area contributed by atoms with E-state index < -0.39 is 11.4 Å². The van der Waals surface area contributed by atoms with Gasteiger partial charge in [-0.1, -0.05) is 12.1 Å². The van der Waals surface area contributed by atoms with Crippen molar-refractivity contribution in [1.29, 1.82) is 0 Å². The predicted molar refractivity (Wildman–Crippen MR) is 120 cm³/mol. The minimum absolute atomic E-state index is 0.0283. The second kappa shape index (κ2) is 7.48. The summed E-state index contributed by atoms with van der Waals surface area (Å²) in [5, 5.41) is 13.4. The zero-order valence-electron chi connectivity index (χ0n) is 18.3. The lowest BCUT2D eigenvalue weighted by Gasteiger charge is -2.40. The fourth-order valence-corrected chi connectivity index (χ4v) is 4.56. The van der Waals surface area contributed by atoms with Gasteiger partial charge in [0.25, 0.3) is 11.8 Å². The van der Waals surface area contributed by atoms with Gasteiger partial charge in [0.1, 0.15) is 11.4 Å². The summed E-state index contributed by atoms with van der Waals surface area (Å²) in [6, 6.07) is 10.4. The Morgan fingerprint density at radius 3 is 2.53 bits per heavy atom. The van der Waals surface area contributed by atoms with E-state index in [1.807, 2.05) is 32.2 Å². The van der Waals surface area contributed by atoms with Gasteiger partial charge in [-0.2, -0.15) is 0 Å². The highest BCUT2D eigenvalue weighted by Crippen LogP contribution is 2.38. The third kappa shape index (κ3) is 3.48. The van der Waals surface area contributed by atoms with Crippen LogP contribution in [0.1, 0.15) is 30.1 Å². The number of anilines is 2. The summed E-state index contributed by atoms with van der Waals surface area (Å²) in [7, 11) is 2.00. The van der Waals surface area contributed by atoms with Crippen LogP contribution >= 0.6 is 0 Å². The van der Waals surface area contributed by atoms with Crippen LogP contribution < -0.4 is 10.2 Å². The highest BCUT2D eigenvalue weighted by molar-refractivity contribution is 5.95. The topological polar surface area (TPSA) is 76.1 Å². The Labute approximate surface area is 186 Å². The van der Waals surface area contributed by atoms with Crippen molar-refractivity contribution in [3.63, 3.8) is 0 Å². The Kier molecular flexibility index (Phi) is 4.85. The summed E-state index contributed by atoms with van der Waals surface area (Å²) in [5.41, 5.74) is 2.50. The average Bonchev–Trinajstić information content (AvgIpc) is 3.44. The number of amides is 2. The van der Waals surface area contributed by atoms with Crippen LogP contribution in [0.15, 0.2) is 36.4 Å². The monoisotopic (exact) mass is 438 g/mol. The summed E-state index contributed by atoms with van der Waals surface area (Å²) in [4.78, 5) is 30.8. The smallest absolute Gasteiger partial charge is 0.256 e. The van der Waals surface area contributed by atoms with E-state index in [-0.39, 0.29) is 23.4 Å². The second-order valence-electron chi connectivity index (χ2n) is 9.09. The van der Waals surface area contributed by atoms with Crippen molar-refractivity contribution in [3.05, 3.63) is 47.8 Å². The third-order valence-corrected chi connectivity index (χ3v) is 6.74. The van der Waals surface area contributed by atoms with Crippen molar-refractivity contribution >= 4 is 23.2 Å². The first-order valence-electron chi connectivity index (χ1n) is 11.0.